The van der Waals surface area contributed by atoms with Gasteiger partial charge >= 0.3 is 0 Å². The van der Waals surface area contributed by atoms with E-state index < -0.39 is 33.5 Å². The second kappa shape index (κ2) is 7.36. The van der Waals surface area contributed by atoms with E-state index in [1.54, 1.807) is 4.90 Å². The first-order chi connectivity index (χ1) is 12.2. The molecule has 1 aliphatic heterocycles. The molecule has 140 valence electrons. The predicted molar refractivity (Wildman–Crippen MR) is 88.6 cm³/mol. The number of sulfone groups is 1. The lowest BCUT2D eigenvalue weighted by Gasteiger charge is -2.39. The van der Waals surface area contributed by atoms with Gasteiger partial charge in [0.25, 0.3) is 0 Å². The van der Waals surface area contributed by atoms with Crippen LogP contribution < -0.4 is 0 Å². The number of rotatable bonds is 6. The summed E-state index contributed by atoms with van der Waals surface area (Å²) in [4.78, 5) is 1.73. The standard InChI is InChI=1S/C18H17F4NO2S/c19-13-1-4-15(5-2-13)26(24,25)11-12-8-23(9-12)10-18(22)16-6-3-14(20)7-17(16)21/h1-7,12,18H,8-11H2/t18-/m0/s1. The Bertz CT molecular complexity index is 881. The minimum Gasteiger partial charge on any atom is -0.299 e. The molecule has 3 nitrogen and oxygen atoms in total. The van der Waals surface area contributed by atoms with E-state index in [2.05, 4.69) is 0 Å². The first-order valence-electron chi connectivity index (χ1n) is 8.04. The van der Waals surface area contributed by atoms with E-state index in [1.807, 2.05) is 0 Å². The van der Waals surface area contributed by atoms with Crippen LogP contribution in [0.4, 0.5) is 17.6 Å². The smallest absolute Gasteiger partial charge is 0.178 e. The summed E-state index contributed by atoms with van der Waals surface area (Å²) in [6.07, 6.45) is -1.62. The van der Waals surface area contributed by atoms with Crippen molar-refractivity contribution in [3.05, 3.63) is 65.5 Å². The van der Waals surface area contributed by atoms with Crippen molar-refractivity contribution < 1.29 is 26.0 Å². The first-order valence-corrected chi connectivity index (χ1v) is 9.69. The molecule has 0 bridgehead atoms. The van der Waals surface area contributed by atoms with E-state index in [0.29, 0.717) is 19.2 Å². The summed E-state index contributed by atoms with van der Waals surface area (Å²) in [6.45, 7) is 0.642. The number of hydrogen-bond acceptors (Lipinski definition) is 3. The average Bonchev–Trinajstić information content (AvgIpc) is 2.53. The van der Waals surface area contributed by atoms with Crippen molar-refractivity contribution in [2.75, 3.05) is 25.4 Å². The Labute approximate surface area is 149 Å². The second-order valence-corrected chi connectivity index (χ2v) is 8.49. The molecular weight excluding hydrogens is 370 g/mol. The van der Waals surface area contributed by atoms with E-state index in [1.165, 1.54) is 12.1 Å². The van der Waals surface area contributed by atoms with Gasteiger partial charge < -0.3 is 0 Å². The predicted octanol–water partition coefficient (Wildman–Crippen LogP) is 3.52. The maximum Gasteiger partial charge on any atom is 0.178 e. The molecule has 0 aliphatic carbocycles. The third kappa shape index (κ3) is 4.24. The lowest BCUT2D eigenvalue weighted by atomic mass is 10.0. The summed E-state index contributed by atoms with van der Waals surface area (Å²) in [5.74, 6) is -2.50. The van der Waals surface area contributed by atoms with Crippen LogP contribution in [-0.2, 0) is 9.84 Å². The number of alkyl halides is 1. The minimum absolute atomic E-state index is 0.0501. The van der Waals surface area contributed by atoms with Crippen molar-refractivity contribution in [1.82, 2.24) is 4.90 Å². The van der Waals surface area contributed by atoms with Crippen LogP contribution in [0.1, 0.15) is 11.7 Å². The van der Waals surface area contributed by atoms with Crippen molar-refractivity contribution in [1.29, 1.82) is 0 Å². The van der Waals surface area contributed by atoms with Crippen molar-refractivity contribution in [2.45, 2.75) is 11.1 Å². The fourth-order valence-corrected chi connectivity index (χ4v) is 4.63. The normalized spacial score (nSPS) is 17.1. The van der Waals surface area contributed by atoms with Gasteiger partial charge in [0.05, 0.1) is 10.6 Å². The van der Waals surface area contributed by atoms with Crippen molar-refractivity contribution >= 4 is 9.84 Å². The summed E-state index contributed by atoms with van der Waals surface area (Å²) in [5, 5.41) is 0. The Balaban J connectivity index is 1.53. The van der Waals surface area contributed by atoms with E-state index in [-0.39, 0.29) is 28.7 Å². The summed E-state index contributed by atoms with van der Waals surface area (Å²) < 4.78 is 78.1. The molecule has 0 N–H and O–H groups in total. The molecule has 0 amide bonds. The van der Waals surface area contributed by atoms with E-state index in [9.17, 15) is 26.0 Å². The molecule has 0 unspecified atom stereocenters. The van der Waals surface area contributed by atoms with Crippen molar-refractivity contribution in [3.63, 3.8) is 0 Å². The Kier molecular flexibility index (Phi) is 5.34. The number of likely N-dealkylation sites (tertiary alicyclic amines) is 1. The van der Waals surface area contributed by atoms with Crippen LogP contribution >= 0.6 is 0 Å². The average molecular weight is 387 g/mol. The lowest BCUT2D eigenvalue weighted by molar-refractivity contribution is 0.0805. The van der Waals surface area contributed by atoms with Crippen LogP contribution in [-0.4, -0.2) is 38.7 Å². The van der Waals surface area contributed by atoms with Gasteiger partial charge in [0, 0.05) is 31.3 Å². The SMILES string of the molecule is O=S(=O)(CC1CN(C[C@H](F)c2ccc(F)cc2F)C1)c1ccc(F)cc1. The van der Waals surface area contributed by atoms with Gasteiger partial charge in [-0.25, -0.2) is 26.0 Å². The van der Waals surface area contributed by atoms with E-state index in [0.717, 1.165) is 24.3 Å². The zero-order valence-electron chi connectivity index (χ0n) is 13.7. The Morgan fingerprint density at radius 3 is 2.23 bits per heavy atom. The van der Waals surface area contributed by atoms with Gasteiger partial charge in [0.1, 0.15) is 23.6 Å². The van der Waals surface area contributed by atoms with Crippen LogP contribution in [0.25, 0.3) is 0 Å². The van der Waals surface area contributed by atoms with Gasteiger partial charge in [0.15, 0.2) is 9.84 Å². The maximum atomic E-state index is 14.2. The molecule has 0 radical (unpaired) electrons. The topological polar surface area (TPSA) is 37.4 Å². The van der Waals surface area contributed by atoms with Crippen LogP contribution in [0.15, 0.2) is 47.4 Å². The molecule has 1 saturated heterocycles. The quantitative estimate of drug-likeness (QED) is 0.562. The molecule has 1 fully saturated rings. The molecule has 2 aromatic rings. The number of benzene rings is 2. The second-order valence-electron chi connectivity index (χ2n) is 6.45. The molecule has 26 heavy (non-hydrogen) atoms. The minimum atomic E-state index is -3.54. The number of hydrogen-bond donors (Lipinski definition) is 0. The van der Waals surface area contributed by atoms with Gasteiger partial charge in [-0.2, -0.15) is 0 Å². The summed E-state index contributed by atoms with van der Waals surface area (Å²) >= 11 is 0. The van der Waals surface area contributed by atoms with Gasteiger partial charge in [-0.15, -0.1) is 0 Å². The zero-order valence-corrected chi connectivity index (χ0v) is 14.5. The molecule has 0 aromatic heterocycles. The molecule has 1 atom stereocenters. The number of nitrogens with zero attached hydrogens (tertiary/aromatic N) is 1. The van der Waals surface area contributed by atoms with Gasteiger partial charge in [-0.1, -0.05) is 6.07 Å². The van der Waals surface area contributed by atoms with Gasteiger partial charge in [0.2, 0.25) is 0 Å². The highest BCUT2D eigenvalue weighted by molar-refractivity contribution is 7.91. The highest BCUT2D eigenvalue weighted by atomic mass is 32.2. The van der Waals surface area contributed by atoms with E-state index >= 15 is 0 Å². The molecular formula is C18H17F4NO2S. The molecule has 3 rings (SSSR count). The summed E-state index contributed by atoms with van der Waals surface area (Å²) in [7, 11) is -3.54. The third-order valence-corrected chi connectivity index (χ3v) is 6.28. The Hall–Kier alpha value is -1.93. The maximum absolute atomic E-state index is 14.2. The lowest BCUT2D eigenvalue weighted by Crippen LogP contribution is -2.50. The van der Waals surface area contributed by atoms with E-state index in [4.69, 9.17) is 0 Å². The Morgan fingerprint density at radius 1 is 1.00 bits per heavy atom. The fourth-order valence-electron chi connectivity index (χ4n) is 3.06. The van der Waals surface area contributed by atoms with Crippen LogP contribution in [0, 0.1) is 23.4 Å². The molecule has 0 spiro atoms. The molecule has 0 saturated carbocycles. The van der Waals surface area contributed by atoms with Crippen LogP contribution in [0.5, 0.6) is 0 Å². The summed E-state index contributed by atoms with van der Waals surface area (Å²) in [5.41, 5.74) is -0.214. The fraction of sp³-hybridized carbons (Fsp3) is 0.333. The largest absolute Gasteiger partial charge is 0.299 e. The number of halogens is 4. The van der Waals surface area contributed by atoms with Crippen LogP contribution in [0.2, 0.25) is 0 Å². The van der Waals surface area contributed by atoms with Gasteiger partial charge in [-0.05, 0) is 36.2 Å². The van der Waals surface area contributed by atoms with Crippen LogP contribution in [0.3, 0.4) is 0 Å². The Morgan fingerprint density at radius 2 is 1.62 bits per heavy atom. The van der Waals surface area contributed by atoms with Gasteiger partial charge in [-0.3, -0.25) is 4.90 Å². The summed E-state index contributed by atoms with van der Waals surface area (Å²) in [6, 6.07) is 7.32. The monoisotopic (exact) mass is 387 g/mol. The highest BCUT2D eigenvalue weighted by Crippen LogP contribution is 2.27. The molecule has 2 aromatic carbocycles. The first kappa shape index (κ1) is 18.8. The third-order valence-electron chi connectivity index (χ3n) is 4.38. The highest BCUT2D eigenvalue weighted by Gasteiger charge is 2.33. The van der Waals surface area contributed by atoms with Crippen molar-refractivity contribution in [3.8, 4) is 0 Å². The van der Waals surface area contributed by atoms with Crippen molar-refractivity contribution in [2.24, 2.45) is 5.92 Å². The molecule has 1 aliphatic rings. The zero-order chi connectivity index (χ0) is 18.9. The molecule has 1 heterocycles. The molecule has 8 heteroatoms.